The van der Waals surface area contributed by atoms with E-state index in [1.807, 2.05) is 45.0 Å². The van der Waals surface area contributed by atoms with Gasteiger partial charge in [-0.15, -0.1) is 0 Å². The lowest BCUT2D eigenvalue weighted by molar-refractivity contribution is -0.144. The lowest BCUT2D eigenvalue weighted by atomic mass is 9.74. The molecule has 0 fully saturated rings. The van der Waals surface area contributed by atoms with Gasteiger partial charge in [0.1, 0.15) is 5.41 Å². The van der Waals surface area contributed by atoms with Crippen LogP contribution in [0, 0.1) is 12.8 Å². The molecule has 0 aliphatic carbocycles. The summed E-state index contributed by atoms with van der Waals surface area (Å²) in [6.45, 7) is 6.12. The van der Waals surface area contributed by atoms with Crippen molar-refractivity contribution in [3.05, 3.63) is 35.4 Å². The zero-order chi connectivity index (χ0) is 13.1. The Morgan fingerprint density at radius 1 is 1.47 bits per heavy atom. The van der Waals surface area contributed by atoms with Gasteiger partial charge in [-0.25, -0.2) is 0 Å². The van der Waals surface area contributed by atoms with Crippen molar-refractivity contribution in [3.63, 3.8) is 0 Å². The normalized spacial score (nSPS) is 14.6. The Morgan fingerprint density at radius 2 is 2.12 bits per heavy atom. The van der Waals surface area contributed by atoms with Crippen LogP contribution in [0.2, 0.25) is 0 Å². The predicted octanol–water partition coefficient (Wildman–Crippen LogP) is 2.32. The minimum atomic E-state index is -0.958. The fourth-order valence-corrected chi connectivity index (χ4v) is 2.26. The van der Waals surface area contributed by atoms with Gasteiger partial charge in [0.2, 0.25) is 0 Å². The van der Waals surface area contributed by atoms with Gasteiger partial charge < -0.3 is 10.8 Å². The average Bonchev–Trinajstić information content (AvgIpc) is 2.25. The predicted molar refractivity (Wildman–Crippen MR) is 69.0 cm³/mol. The number of hydrogen-bond acceptors (Lipinski definition) is 2. The largest absolute Gasteiger partial charge is 0.481 e. The molecule has 1 unspecified atom stereocenters. The molecule has 1 aromatic carbocycles. The molecule has 3 N–H and O–H groups in total. The number of hydrogen-bond donors (Lipinski definition) is 2. The number of rotatable bonds is 5. The summed E-state index contributed by atoms with van der Waals surface area (Å²) in [5, 5.41) is 9.54. The van der Waals surface area contributed by atoms with E-state index in [2.05, 4.69) is 0 Å². The molecule has 0 bridgehead atoms. The van der Waals surface area contributed by atoms with Gasteiger partial charge in [-0.3, -0.25) is 4.79 Å². The lowest BCUT2D eigenvalue weighted by Crippen LogP contribution is -2.44. The maximum Gasteiger partial charge on any atom is 0.315 e. The summed E-state index contributed by atoms with van der Waals surface area (Å²) >= 11 is 0. The Balaban J connectivity index is 3.26. The summed E-state index contributed by atoms with van der Waals surface area (Å²) in [6.07, 6.45) is 0.558. The minimum absolute atomic E-state index is 0.129. The molecule has 0 aromatic heterocycles. The number of aliphatic carboxylic acids is 1. The van der Waals surface area contributed by atoms with Crippen LogP contribution in [0.1, 0.15) is 31.4 Å². The summed E-state index contributed by atoms with van der Waals surface area (Å²) < 4.78 is 0. The maximum absolute atomic E-state index is 11.6. The molecule has 0 saturated carbocycles. The molecule has 0 saturated heterocycles. The maximum atomic E-state index is 11.6. The quantitative estimate of drug-likeness (QED) is 0.823. The van der Waals surface area contributed by atoms with Crippen LogP contribution in [0.5, 0.6) is 0 Å². The molecule has 3 nitrogen and oxygen atoms in total. The molecule has 0 aliphatic rings. The van der Waals surface area contributed by atoms with E-state index in [0.717, 1.165) is 11.1 Å². The zero-order valence-corrected chi connectivity index (χ0v) is 10.7. The summed E-state index contributed by atoms with van der Waals surface area (Å²) in [5.41, 5.74) is 6.67. The van der Waals surface area contributed by atoms with Gasteiger partial charge >= 0.3 is 5.97 Å². The highest BCUT2D eigenvalue weighted by Crippen LogP contribution is 2.31. The molecule has 1 aromatic rings. The Morgan fingerprint density at radius 3 is 2.53 bits per heavy atom. The topological polar surface area (TPSA) is 63.3 Å². The van der Waals surface area contributed by atoms with Crippen molar-refractivity contribution in [2.24, 2.45) is 11.7 Å². The van der Waals surface area contributed by atoms with E-state index in [9.17, 15) is 9.90 Å². The standard InChI is InChI=1S/C14H21NO2/c1-10(2)8-14(9-15,13(16)17)12-6-4-5-11(3)7-12/h4-7,10H,8-9,15H2,1-3H3,(H,16,17). The number of carbonyl (C=O) groups is 1. The summed E-state index contributed by atoms with van der Waals surface area (Å²) in [7, 11) is 0. The van der Waals surface area contributed by atoms with Crippen LogP contribution in [0.3, 0.4) is 0 Å². The number of benzene rings is 1. The van der Waals surface area contributed by atoms with Crippen molar-refractivity contribution in [2.75, 3.05) is 6.54 Å². The second kappa shape index (κ2) is 5.32. The van der Waals surface area contributed by atoms with E-state index in [1.54, 1.807) is 0 Å². The summed E-state index contributed by atoms with van der Waals surface area (Å²) in [5.74, 6) is -0.547. The van der Waals surface area contributed by atoms with E-state index in [-0.39, 0.29) is 12.5 Å². The highest BCUT2D eigenvalue weighted by Gasteiger charge is 2.39. The van der Waals surface area contributed by atoms with Crippen molar-refractivity contribution in [1.29, 1.82) is 0 Å². The van der Waals surface area contributed by atoms with Crippen molar-refractivity contribution in [3.8, 4) is 0 Å². The van der Waals surface area contributed by atoms with Gasteiger partial charge in [0.25, 0.3) is 0 Å². The van der Waals surface area contributed by atoms with Gasteiger partial charge in [0.05, 0.1) is 0 Å². The summed E-state index contributed by atoms with van der Waals surface area (Å²) in [4.78, 5) is 11.6. The van der Waals surface area contributed by atoms with Crippen LogP contribution < -0.4 is 5.73 Å². The van der Waals surface area contributed by atoms with Crippen LogP contribution in [0.25, 0.3) is 0 Å². The molecule has 17 heavy (non-hydrogen) atoms. The molecule has 94 valence electrons. The highest BCUT2D eigenvalue weighted by molar-refractivity contribution is 5.81. The van der Waals surface area contributed by atoms with Crippen LogP contribution in [0.15, 0.2) is 24.3 Å². The third kappa shape index (κ3) is 2.86. The first kappa shape index (κ1) is 13.7. The van der Waals surface area contributed by atoms with E-state index in [0.29, 0.717) is 6.42 Å². The zero-order valence-electron chi connectivity index (χ0n) is 10.7. The smallest absolute Gasteiger partial charge is 0.315 e. The number of nitrogens with two attached hydrogens (primary N) is 1. The van der Waals surface area contributed by atoms with E-state index < -0.39 is 11.4 Å². The fourth-order valence-electron chi connectivity index (χ4n) is 2.26. The molecule has 3 heteroatoms. The molecule has 0 radical (unpaired) electrons. The molecular formula is C14H21NO2. The first-order valence-electron chi connectivity index (χ1n) is 5.93. The van der Waals surface area contributed by atoms with E-state index in [1.165, 1.54) is 0 Å². The highest BCUT2D eigenvalue weighted by atomic mass is 16.4. The van der Waals surface area contributed by atoms with Crippen molar-refractivity contribution >= 4 is 5.97 Å². The van der Waals surface area contributed by atoms with Gasteiger partial charge in [-0.05, 0) is 24.8 Å². The number of carboxylic acid groups (broad SMARTS) is 1. The Bertz CT molecular complexity index is 401. The molecular weight excluding hydrogens is 214 g/mol. The van der Waals surface area contributed by atoms with Gasteiger partial charge in [0, 0.05) is 6.54 Å². The Kier molecular flexibility index (Phi) is 4.29. The van der Waals surface area contributed by atoms with E-state index >= 15 is 0 Å². The SMILES string of the molecule is Cc1cccc(C(CN)(CC(C)C)C(=O)O)c1. The average molecular weight is 235 g/mol. The van der Waals surface area contributed by atoms with Crippen LogP contribution >= 0.6 is 0 Å². The number of carboxylic acids is 1. The fraction of sp³-hybridized carbons (Fsp3) is 0.500. The van der Waals surface area contributed by atoms with Crippen molar-refractivity contribution < 1.29 is 9.90 Å². The van der Waals surface area contributed by atoms with Crippen LogP contribution in [-0.2, 0) is 10.2 Å². The van der Waals surface area contributed by atoms with Crippen molar-refractivity contribution in [2.45, 2.75) is 32.6 Å². The third-order valence-corrected chi connectivity index (χ3v) is 3.09. The lowest BCUT2D eigenvalue weighted by Gasteiger charge is -2.30. The van der Waals surface area contributed by atoms with Gasteiger partial charge in [0.15, 0.2) is 0 Å². The molecule has 0 heterocycles. The monoisotopic (exact) mass is 235 g/mol. The van der Waals surface area contributed by atoms with Crippen LogP contribution in [-0.4, -0.2) is 17.6 Å². The molecule has 1 atom stereocenters. The Labute approximate surface area is 103 Å². The van der Waals surface area contributed by atoms with Gasteiger partial charge in [-0.1, -0.05) is 43.7 Å². The molecule has 0 spiro atoms. The number of aryl methyl sites for hydroxylation is 1. The van der Waals surface area contributed by atoms with Crippen LogP contribution in [0.4, 0.5) is 0 Å². The Hall–Kier alpha value is -1.35. The molecule has 0 amide bonds. The third-order valence-electron chi connectivity index (χ3n) is 3.09. The van der Waals surface area contributed by atoms with Gasteiger partial charge in [-0.2, -0.15) is 0 Å². The second-order valence-corrected chi connectivity index (χ2v) is 5.06. The minimum Gasteiger partial charge on any atom is -0.481 e. The summed E-state index contributed by atoms with van der Waals surface area (Å²) in [6, 6.07) is 7.63. The van der Waals surface area contributed by atoms with Crippen molar-refractivity contribution in [1.82, 2.24) is 0 Å². The second-order valence-electron chi connectivity index (χ2n) is 5.06. The molecule has 0 aliphatic heterocycles. The first-order chi connectivity index (χ1) is 7.92. The molecule has 1 rings (SSSR count). The first-order valence-corrected chi connectivity index (χ1v) is 5.93. The van der Waals surface area contributed by atoms with E-state index in [4.69, 9.17) is 5.73 Å².